The second kappa shape index (κ2) is 7.61. The molecule has 2 aromatic heterocycles. The number of aromatic amines is 1. The third kappa shape index (κ3) is 3.91. The standard InChI is InChI=1S/C18H17N3O2S/c1-23-16-7-4-14(5-8-16)6-9-18(22)21(15-11-19-20-12-15)13-17-3-2-10-24-17/h2-12H,13H2,1H3,(H,19,20). The van der Waals surface area contributed by atoms with E-state index in [4.69, 9.17) is 4.74 Å². The van der Waals surface area contributed by atoms with Crippen LogP contribution in [0.1, 0.15) is 10.4 Å². The Bertz CT molecular complexity index is 793. The van der Waals surface area contributed by atoms with Crippen LogP contribution in [0.15, 0.2) is 60.2 Å². The van der Waals surface area contributed by atoms with E-state index in [0.717, 1.165) is 21.9 Å². The van der Waals surface area contributed by atoms with E-state index in [-0.39, 0.29) is 5.91 Å². The lowest BCUT2D eigenvalue weighted by atomic mass is 10.2. The molecule has 0 atom stereocenters. The van der Waals surface area contributed by atoms with Gasteiger partial charge in [-0.15, -0.1) is 11.3 Å². The fourth-order valence-corrected chi connectivity index (χ4v) is 2.91. The summed E-state index contributed by atoms with van der Waals surface area (Å²) in [4.78, 5) is 15.4. The van der Waals surface area contributed by atoms with Gasteiger partial charge in [0.15, 0.2) is 0 Å². The molecular weight excluding hydrogens is 322 g/mol. The van der Waals surface area contributed by atoms with Crippen LogP contribution in [-0.4, -0.2) is 23.2 Å². The number of carbonyl (C=O) groups excluding carboxylic acids is 1. The van der Waals surface area contributed by atoms with E-state index in [2.05, 4.69) is 10.2 Å². The summed E-state index contributed by atoms with van der Waals surface area (Å²) in [6.07, 6.45) is 6.73. The Kier molecular flexibility index (Phi) is 5.08. The topological polar surface area (TPSA) is 58.2 Å². The largest absolute Gasteiger partial charge is 0.497 e. The molecule has 0 saturated carbocycles. The maximum absolute atomic E-state index is 12.6. The summed E-state index contributed by atoms with van der Waals surface area (Å²) < 4.78 is 5.13. The van der Waals surface area contributed by atoms with E-state index >= 15 is 0 Å². The first-order valence-corrected chi connectivity index (χ1v) is 8.29. The van der Waals surface area contributed by atoms with Crippen molar-refractivity contribution in [2.45, 2.75) is 6.54 Å². The van der Waals surface area contributed by atoms with Crippen molar-refractivity contribution < 1.29 is 9.53 Å². The molecule has 0 radical (unpaired) electrons. The van der Waals surface area contributed by atoms with Crippen molar-refractivity contribution in [1.82, 2.24) is 10.2 Å². The molecule has 122 valence electrons. The first-order chi connectivity index (χ1) is 11.8. The molecule has 2 heterocycles. The monoisotopic (exact) mass is 339 g/mol. The molecular formula is C18H17N3O2S. The minimum atomic E-state index is -0.0966. The number of thiophene rings is 1. The van der Waals surface area contributed by atoms with Crippen LogP contribution in [0, 0.1) is 0 Å². The normalized spacial score (nSPS) is 10.9. The number of anilines is 1. The number of nitrogens with one attached hydrogen (secondary N) is 1. The van der Waals surface area contributed by atoms with Gasteiger partial charge in [-0.25, -0.2) is 0 Å². The predicted molar refractivity (Wildman–Crippen MR) is 96.1 cm³/mol. The van der Waals surface area contributed by atoms with Gasteiger partial charge in [0.2, 0.25) is 0 Å². The maximum Gasteiger partial charge on any atom is 0.251 e. The van der Waals surface area contributed by atoms with E-state index in [0.29, 0.717) is 6.54 Å². The average Bonchev–Trinajstić information content (AvgIpc) is 3.31. The molecule has 0 bridgehead atoms. The van der Waals surface area contributed by atoms with Gasteiger partial charge in [-0.05, 0) is 35.2 Å². The van der Waals surface area contributed by atoms with E-state index in [1.807, 2.05) is 41.8 Å². The molecule has 0 aliphatic heterocycles. The number of hydrogen-bond acceptors (Lipinski definition) is 4. The van der Waals surface area contributed by atoms with Crippen molar-refractivity contribution in [3.63, 3.8) is 0 Å². The minimum Gasteiger partial charge on any atom is -0.497 e. The van der Waals surface area contributed by atoms with Crippen molar-refractivity contribution in [3.05, 3.63) is 70.7 Å². The predicted octanol–water partition coefficient (Wildman–Crippen LogP) is 3.73. The highest BCUT2D eigenvalue weighted by molar-refractivity contribution is 7.09. The number of methoxy groups -OCH3 is 1. The molecule has 24 heavy (non-hydrogen) atoms. The molecule has 0 unspecified atom stereocenters. The van der Waals surface area contributed by atoms with Crippen molar-refractivity contribution >= 4 is 29.0 Å². The summed E-state index contributed by atoms with van der Waals surface area (Å²) in [7, 11) is 1.63. The zero-order chi connectivity index (χ0) is 16.8. The van der Waals surface area contributed by atoms with E-state index in [1.165, 1.54) is 0 Å². The van der Waals surface area contributed by atoms with Crippen molar-refractivity contribution in [3.8, 4) is 5.75 Å². The smallest absolute Gasteiger partial charge is 0.251 e. The molecule has 0 fully saturated rings. The van der Waals surface area contributed by atoms with Crippen LogP contribution < -0.4 is 9.64 Å². The number of nitrogens with zero attached hydrogens (tertiary/aromatic N) is 2. The summed E-state index contributed by atoms with van der Waals surface area (Å²) in [5, 5.41) is 8.69. The fourth-order valence-electron chi connectivity index (χ4n) is 2.22. The molecule has 0 saturated heterocycles. The van der Waals surface area contributed by atoms with Gasteiger partial charge in [0, 0.05) is 17.2 Å². The van der Waals surface area contributed by atoms with Crippen LogP contribution in [0.3, 0.4) is 0 Å². The summed E-state index contributed by atoms with van der Waals surface area (Å²) in [6.45, 7) is 0.517. The van der Waals surface area contributed by atoms with Crippen LogP contribution in [0.4, 0.5) is 5.69 Å². The van der Waals surface area contributed by atoms with E-state index < -0.39 is 0 Å². The minimum absolute atomic E-state index is 0.0966. The lowest BCUT2D eigenvalue weighted by Gasteiger charge is -2.18. The Hall–Kier alpha value is -2.86. The van der Waals surface area contributed by atoms with Gasteiger partial charge < -0.3 is 9.64 Å². The molecule has 1 N–H and O–H groups in total. The zero-order valence-electron chi connectivity index (χ0n) is 13.2. The third-order valence-electron chi connectivity index (χ3n) is 3.49. The van der Waals surface area contributed by atoms with Gasteiger partial charge in [-0.3, -0.25) is 9.89 Å². The first-order valence-electron chi connectivity index (χ1n) is 7.41. The molecule has 1 amide bonds. The molecule has 6 heteroatoms. The summed E-state index contributed by atoms with van der Waals surface area (Å²) in [6, 6.07) is 11.5. The Balaban J connectivity index is 1.76. The quantitative estimate of drug-likeness (QED) is 0.696. The summed E-state index contributed by atoms with van der Waals surface area (Å²) in [5.41, 5.74) is 1.68. The van der Waals surface area contributed by atoms with Crippen LogP contribution in [-0.2, 0) is 11.3 Å². The summed E-state index contributed by atoms with van der Waals surface area (Å²) >= 11 is 1.62. The summed E-state index contributed by atoms with van der Waals surface area (Å²) in [5.74, 6) is 0.691. The van der Waals surface area contributed by atoms with Crippen molar-refractivity contribution in [2.75, 3.05) is 12.0 Å². The number of H-pyrrole nitrogens is 1. The number of ether oxygens (including phenoxy) is 1. The molecule has 5 nitrogen and oxygen atoms in total. The number of carbonyl (C=O) groups is 1. The van der Waals surface area contributed by atoms with Crippen molar-refractivity contribution in [1.29, 1.82) is 0 Å². The average molecular weight is 339 g/mol. The maximum atomic E-state index is 12.6. The molecule has 3 aromatic rings. The molecule has 0 aliphatic rings. The van der Waals surface area contributed by atoms with Gasteiger partial charge in [0.1, 0.15) is 5.75 Å². The van der Waals surface area contributed by atoms with Crippen LogP contribution in [0.2, 0.25) is 0 Å². The third-order valence-corrected chi connectivity index (χ3v) is 4.35. The van der Waals surface area contributed by atoms with Gasteiger partial charge in [0.25, 0.3) is 5.91 Å². The highest BCUT2D eigenvalue weighted by Gasteiger charge is 2.15. The van der Waals surface area contributed by atoms with Gasteiger partial charge in [-0.2, -0.15) is 5.10 Å². The Labute approximate surface area is 144 Å². The fraction of sp³-hybridized carbons (Fsp3) is 0.111. The van der Waals surface area contributed by atoms with E-state index in [1.54, 1.807) is 47.9 Å². The van der Waals surface area contributed by atoms with Gasteiger partial charge in [-0.1, -0.05) is 18.2 Å². The van der Waals surface area contributed by atoms with Crippen LogP contribution in [0.5, 0.6) is 5.75 Å². The van der Waals surface area contributed by atoms with Gasteiger partial charge in [0.05, 0.1) is 25.5 Å². The highest BCUT2D eigenvalue weighted by atomic mass is 32.1. The van der Waals surface area contributed by atoms with Crippen molar-refractivity contribution in [2.24, 2.45) is 0 Å². The molecule has 1 aromatic carbocycles. The SMILES string of the molecule is COc1ccc(C=CC(=O)N(Cc2cccs2)c2cn[nH]c2)cc1. The molecule has 0 aliphatic carbocycles. The van der Waals surface area contributed by atoms with Gasteiger partial charge >= 0.3 is 0 Å². The Morgan fingerprint density at radius 2 is 2.17 bits per heavy atom. The Morgan fingerprint density at radius 3 is 2.79 bits per heavy atom. The van der Waals surface area contributed by atoms with Crippen LogP contribution in [0.25, 0.3) is 6.08 Å². The number of amides is 1. The first kappa shape index (κ1) is 16.0. The molecule has 3 rings (SSSR count). The zero-order valence-corrected chi connectivity index (χ0v) is 14.0. The lowest BCUT2D eigenvalue weighted by Crippen LogP contribution is -2.27. The number of hydrogen-bond donors (Lipinski definition) is 1. The number of aromatic nitrogens is 2. The lowest BCUT2D eigenvalue weighted by molar-refractivity contribution is -0.114. The van der Waals surface area contributed by atoms with E-state index in [9.17, 15) is 4.79 Å². The number of benzene rings is 1. The second-order valence-corrected chi connectivity index (χ2v) is 6.10. The highest BCUT2D eigenvalue weighted by Crippen LogP contribution is 2.19. The number of rotatable bonds is 6. The van der Waals surface area contributed by atoms with Crippen LogP contribution >= 0.6 is 11.3 Å². The second-order valence-electron chi connectivity index (χ2n) is 5.07. The molecule has 0 spiro atoms. The Morgan fingerprint density at radius 1 is 1.33 bits per heavy atom.